The van der Waals surface area contributed by atoms with Gasteiger partial charge in [-0.3, -0.25) is 19.3 Å². The fraction of sp³-hybridized carbons (Fsp3) is 0.138. The molecule has 0 aliphatic carbocycles. The quantitative estimate of drug-likeness (QED) is 0.268. The molecule has 0 unspecified atom stereocenters. The molecular weight excluding hydrogens is 506 g/mol. The molecule has 3 aromatic heterocycles. The van der Waals surface area contributed by atoms with Crippen LogP contribution in [0.1, 0.15) is 21.7 Å². The Morgan fingerprint density at radius 1 is 1.00 bits per heavy atom. The molecule has 0 radical (unpaired) electrons. The minimum atomic E-state index is -0.699. The summed E-state index contributed by atoms with van der Waals surface area (Å²) in [5.41, 5.74) is 1.66. The maximum absolute atomic E-state index is 15.0. The van der Waals surface area contributed by atoms with Crippen molar-refractivity contribution in [3.8, 4) is 28.4 Å². The van der Waals surface area contributed by atoms with Gasteiger partial charge in [-0.2, -0.15) is 5.10 Å². The number of hydrogen-bond acceptors (Lipinski definition) is 7. The number of hydrogen-bond donors (Lipinski definition) is 0. The Kier molecular flexibility index (Phi) is 6.84. The topological polar surface area (TPSA) is 96.2 Å². The molecule has 10 heteroatoms. The zero-order chi connectivity index (χ0) is 27.7. The van der Waals surface area contributed by atoms with Gasteiger partial charge in [0.05, 0.1) is 24.4 Å². The van der Waals surface area contributed by atoms with E-state index < -0.39 is 22.8 Å². The number of ether oxygens (including phenoxy) is 2. The predicted octanol–water partition coefficient (Wildman–Crippen LogP) is 5.20. The maximum Gasteiger partial charge on any atom is 0.219 e. The van der Waals surface area contributed by atoms with Gasteiger partial charge in [-0.05, 0) is 42.3 Å². The van der Waals surface area contributed by atoms with Gasteiger partial charge in [0.15, 0.2) is 28.8 Å². The summed E-state index contributed by atoms with van der Waals surface area (Å²) in [7, 11) is 3.13. The summed E-state index contributed by atoms with van der Waals surface area (Å²) in [5.74, 6) is -0.970. The van der Waals surface area contributed by atoms with Crippen LogP contribution in [0.2, 0.25) is 0 Å². The Balaban J connectivity index is 1.41. The van der Waals surface area contributed by atoms with Crippen molar-refractivity contribution in [1.29, 1.82) is 0 Å². The Morgan fingerprint density at radius 3 is 2.49 bits per heavy atom. The molecule has 2 aromatic carbocycles. The first-order chi connectivity index (χ1) is 18.7. The molecule has 3 heterocycles. The van der Waals surface area contributed by atoms with Gasteiger partial charge in [0.2, 0.25) is 5.43 Å². The number of rotatable bonds is 7. The Bertz CT molecular complexity index is 1790. The van der Waals surface area contributed by atoms with Gasteiger partial charge in [0, 0.05) is 37.5 Å². The molecule has 0 aliphatic rings. The largest absolute Gasteiger partial charge is 0.495 e. The van der Waals surface area contributed by atoms with Crippen LogP contribution in [0.4, 0.5) is 8.78 Å². The fourth-order valence-electron chi connectivity index (χ4n) is 4.16. The molecule has 0 atom stereocenters. The summed E-state index contributed by atoms with van der Waals surface area (Å²) in [6.07, 6.45) is 2.76. The fourth-order valence-corrected chi connectivity index (χ4v) is 4.16. The smallest absolute Gasteiger partial charge is 0.219 e. The Labute approximate surface area is 221 Å². The molecule has 8 nitrogen and oxygen atoms in total. The number of carbonyl (C=O) groups excluding carboxylic acids is 1. The third kappa shape index (κ3) is 5.08. The second-order valence-electron chi connectivity index (χ2n) is 8.79. The number of pyridine rings is 2. The average molecular weight is 529 g/mol. The van der Waals surface area contributed by atoms with Crippen molar-refractivity contribution in [3.63, 3.8) is 0 Å². The van der Waals surface area contributed by atoms with Crippen molar-refractivity contribution in [2.45, 2.75) is 13.3 Å². The molecule has 5 rings (SSSR count). The third-order valence-corrected chi connectivity index (χ3v) is 6.27. The standard InChI is InChI=1S/C29H22F2N4O4/c1-16-26(18-5-7-19(30)8-6-18)29(37)28(34-35(16)2)23(36)13-17-4-9-24(21(31)12-17)39-25-10-11-32-22-14-20(38-3)15-33-27(22)25/h4-12,14-15H,13H2,1-3H3. The van der Waals surface area contributed by atoms with Crippen molar-refractivity contribution in [2.24, 2.45) is 7.05 Å². The van der Waals surface area contributed by atoms with Crippen molar-refractivity contribution in [1.82, 2.24) is 19.7 Å². The van der Waals surface area contributed by atoms with Crippen LogP contribution in [-0.4, -0.2) is 32.6 Å². The van der Waals surface area contributed by atoms with Crippen molar-refractivity contribution < 1.29 is 23.0 Å². The summed E-state index contributed by atoms with van der Waals surface area (Å²) < 4.78 is 40.8. The first-order valence-corrected chi connectivity index (χ1v) is 11.9. The zero-order valence-corrected chi connectivity index (χ0v) is 21.2. The van der Waals surface area contributed by atoms with E-state index in [4.69, 9.17) is 9.47 Å². The number of benzene rings is 2. The van der Waals surface area contributed by atoms with Crippen LogP contribution in [0.15, 0.2) is 71.8 Å². The number of aryl methyl sites for hydroxylation is 1. The van der Waals surface area contributed by atoms with Crippen molar-refractivity contribution >= 4 is 16.8 Å². The normalized spacial score (nSPS) is 11.0. The van der Waals surface area contributed by atoms with Gasteiger partial charge < -0.3 is 9.47 Å². The Morgan fingerprint density at radius 2 is 1.77 bits per heavy atom. The maximum atomic E-state index is 15.0. The zero-order valence-electron chi connectivity index (χ0n) is 21.2. The summed E-state index contributed by atoms with van der Waals surface area (Å²) in [6, 6.07) is 12.8. The third-order valence-electron chi connectivity index (χ3n) is 6.27. The highest BCUT2D eigenvalue weighted by Crippen LogP contribution is 2.31. The van der Waals surface area contributed by atoms with Gasteiger partial charge in [-0.1, -0.05) is 18.2 Å². The van der Waals surface area contributed by atoms with Gasteiger partial charge in [-0.25, -0.2) is 13.8 Å². The van der Waals surface area contributed by atoms with E-state index in [1.54, 1.807) is 26.1 Å². The van der Waals surface area contributed by atoms with Crippen LogP contribution in [0, 0.1) is 18.6 Å². The highest BCUT2D eigenvalue weighted by Gasteiger charge is 2.21. The predicted molar refractivity (Wildman–Crippen MR) is 140 cm³/mol. The second kappa shape index (κ2) is 10.4. The Hall–Kier alpha value is -4.99. The van der Waals surface area contributed by atoms with Crippen molar-refractivity contribution in [2.75, 3.05) is 7.11 Å². The summed E-state index contributed by atoms with van der Waals surface area (Å²) >= 11 is 0. The van der Waals surface area contributed by atoms with Crippen LogP contribution in [0.25, 0.3) is 22.2 Å². The molecule has 0 saturated heterocycles. The summed E-state index contributed by atoms with van der Waals surface area (Å²) in [4.78, 5) is 34.9. The van der Waals surface area contributed by atoms with E-state index in [1.165, 1.54) is 66.6 Å². The number of ketones is 1. The van der Waals surface area contributed by atoms with E-state index in [-0.39, 0.29) is 23.4 Å². The van der Waals surface area contributed by atoms with E-state index in [1.807, 2.05) is 0 Å². The summed E-state index contributed by atoms with van der Waals surface area (Å²) in [6.45, 7) is 1.69. The second-order valence-corrected chi connectivity index (χ2v) is 8.79. The molecule has 0 bridgehead atoms. The number of nitrogens with zero attached hydrogens (tertiary/aromatic N) is 4. The SMILES string of the molecule is COc1cnc2c(Oc3ccc(CC(=O)c4nn(C)c(C)c(-c5ccc(F)cc5)c4=O)cc3F)ccnc2c1. The minimum Gasteiger partial charge on any atom is -0.495 e. The lowest BCUT2D eigenvalue weighted by Crippen LogP contribution is -2.26. The molecule has 39 heavy (non-hydrogen) atoms. The van der Waals surface area contributed by atoms with Crippen LogP contribution in [0.5, 0.6) is 17.2 Å². The molecule has 5 aromatic rings. The van der Waals surface area contributed by atoms with Crippen LogP contribution < -0.4 is 14.9 Å². The number of fused-ring (bicyclic) bond motifs is 1. The molecule has 0 saturated carbocycles. The average Bonchev–Trinajstić information content (AvgIpc) is 2.93. The van der Waals surface area contributed by atoms with Crippen LogP contribution in [0.3, 0.4) is 0 Å². The van der Waals surface area contributed by atoms with E-state index in [0.29, 0.717) is 39.4 Å². The highest BCUT2D eigenvalue weighted by atomic mass is 19.1. The molecule has 196 valence electrons. The van der Waals surface area contributed by atoms with Gasteiger partial charge >= 0.3 is 0 Å². The number of Topliss-reactive ketones (excluding diaryl/α,β-unsaturated/α-hetero) is 1. The van der Waals surface area contributed by atoms with Crippen molar-refractivity contribution in [3.05, 3.63) is 106 Å². The molecule has 0 fully saturated rings. The minimum absolute atomic E-state index is 0.0701. The van der Waals surface area contributed by atoms with Gasteiger partial charge in [0.25, 0.3) is 0 Å². The highest BCUT2D eigenvalue weighted by molar-refractivity contribution is 5.96. The van der Waals surface area contributed by atoms with E-state index in [2.05, 4.69) is 15.1 Å². The van der Waals surface area contributed by atoms with Crippen LogP contribution in [-0.2, 0) is 13.5 Å². The number of aromatic nitrogens is 4. The number of halogens is 2. The van der Waals surface area contributed by atoms with Gasteiger partial charge in [-0.15, -0.1) is 0 Å². The number of carbonyl (C=O) groups is 1. The molecule has 0 N–H and O–H groups in total. The van der Waals surface area contributed by atoms with Crippen LogP contribution >= 0.6 is 0 Å². The monoisotopic (exact) mass is 528 g/mol. The van der Waals surface area contributed by atoms with Gasteiger partial charge in [0.1, 0.15) is 17.1 Å². The lowest BCUT2D eigenvalue weighted by Gasteiger charge is -2.12. The van der Waals surface area contributed by atoms with E-state index in [0.717, 1.165) is 0 Å². The first kappa shape index (κ1) is 25.7. The lowest BCUT2D eigenvalue weighted by atomic mass is 10.0. The summed E-state index contributed by atoms with van der Waals surface area (Å²) in [5, 5.41) is 4.15. The molecular formula is C29H22F2N4O4. The molecule has 0 spiro atoms. The van der Waals surface area contributed by atoms with E-state index in [9.17, 15) is 14.0 Å². The van der Waals surface area contributed by atoms with E-state index >= 15 is 4.39 Å². The lowest BCUT2D eigenvalue weighted by molar-refractivity contribution is 0.0985. The number of methoxy groups -OCH3 is 1. The first-order valence-electron chi connectivity index (χ1n) is 11.9. The molecule has 0 aliphatic heterocycles. The molecule has 0 amide bonds.